The van der Waals surface area contributed by atoms with Gasteiger partial charge in [0.2, 0.25) is 12.2 Å². The standard InChI is InChI=1S/C9H4ClF3N2O/c10-7-3-5(8-14-4-16-15-8)1-2-6(7)9(11,12)13/h1-4H. The molecule has 0 N–H and O–H groups in total. The molecular formula is C9H4ClF3N2O. The van der Waals surface area contributed by atoms with Gasteiger partial charge in [0.25, 0.3) is 0 Å². The Morgan fingerprint density at radius 1 is 1.25 bits per heavy atom. The van der Waals surface area contributed by atoms with E-state index in [0.717, 1.165) is 18.5 Å². The molecule has 0 amide bonds. The van der Waals surface area contributed by atoms with Gasteiger partial charge >= 0.3 is 6.18 Å². The van der Waals surface area contributed by atoms with Crippen molar-refractivity contribution in [3.05, 3.63) is 35.2 Å². The van der Waals surface area contributed by atoms with Gasteiger partial charge in [0.05, 0.1) is 10.6 Å². The minimum absolute atomic E-state index is 0.190. The zero-order valence-corrected chi connectivity index (χ0v) is 8.38. The van der Waals surface area contributed by atoms with Gasteiger partial charge < -0.3 is 4.52 Å². The Bertz CT molecular complexity index is 496. The molecule has 1 aromatic carbocycles. The lowest BCUT2D eigenvalue weighted by atomic mass is 10.1. The van der Waals surface area contributed by atoms with E-state index in [2.05, 4.69) is 14.7 Å². The summed E-state index contributed by atoms with van der Waals surface area (Å²) in [5, 5.41) is 3.10. The monoisotopic (exact) mass is 248 g/mol. The molecule has 0 saturated carbocycles. The first-order valence-electron chi connectivity index (χ1n) is 4.12. The van der Waals surface area contributed by atoms with Crippen molar-refractivity contribution in [3.63, 3.8) is 0 Å². The summed E-state index contributed by atoms with van der Waals surface area (Å²) in [7, 11) is 0. The first kappa shape index (κ1) is 10.9. The van der Waals surface area contributed by atoms with Gasteiger partial charge in [-0.05, 0) is 12.1 Å². The van der Waals surface area contributed by atoms with Crippen molar-refractivity contribution in [2.45, 2.75) is 6.18 Å². The highest BCUT2D eigenvalue weighted by Crippen LogP contribution is 2.36. The largest absolute Gasteiger partial charge is 0.417 e. The van der Waals surface area contributed by atoms with E-state index in [1.165, 1.54) is 6.07 Å². The molecule has 0 aliphatic rings. The number of nitrogens with zero attached hydrogens (tertiary/aromatic N) is 2. The molecule has 0 atom stereocenters. The van der Waals surface area contributed by atoms with Crippen molar-refractivity contribution < 1.29 is 17.7 Å². The molecule has 1 aromatic heterocycles. The normalized spacial score (nSPS) is 11.8. The molecule has 0 radical (unpaired) electrons. The molecule has 0 unspecified atom stereocenters. The summed E-state index contributed by atoms with van der Waals surface area (Å²) in [6.45, 7) is 0. The van der Waals surface area contributed by atoms with Crippen LogP contribution < -0.4 is 0 Å². The maximum Gasteiger partial charge on any atom is 0.417 e. The lowest BCUT2D eigenvalue weighted by Crippen LogP contribution is -2.05. The fourth-order valence-corrected chi connectivity index (χ4v) is 1.47. The molecule has 0 bridgehead atoms. The zero-order valence-electron chi connectivity index (χ0n) is 7.62. The summed E-state index contributed by atoms with van der Waals surface area (Å²) < 4.78 is 41.6. The van der Waals surface area contributed by atoms with Crippen molar-refractivity contribution in [2.75, 3.05) is 0 Å². The summed E-state index contributed by atoms with van der Waals surface area (Å²) in [5.41, 5.74) is -0.520. The second-order valence-electron chi connectivity index (χ2n) is 2.95. The van der Waals surface area contributed by atoms with Gasteiger partial charge in [-0.2, -0.15) is 18.2 Å². The fraction of sp³-hybridized carbons (Fsp3) is 0.111. The van der Waals surface area contributed by atoms with Crippen LogP contribution in [0.2, 0.25) is 5.02 Å². The van der Waals surface area contributed by atoms with E-state index < -0.39 is 16.8 Å². The van der Waals surface area contributed by atoms with Crippen LogP contribution in [0.4, 0.5) is 13.2 Å². The van der Waals surface area contributed by atoms with Crippen LogP contribution in [0.25, 0.3) is 11.4 Å². The van der Waals surface area contributed by atoms with Gasteiger partial charge in [0.15, 0.2) is 0 Å². The van der Waals surface area contributed by atoms with Crippen LogP contribution in [-0.4, -0.2) is 10.1 Å². The van der Waals surface area contributed by atoms with Crippen LogP contribution in [0.3, 0.4) is 0 Å². The Hall–Kier alpha value is -1.56. The molecule has 2 rings (SSSR count). The lowest BCUT2D eigenvalue weighted by molar-refractivity contribution is -0.137. The average Bonchev–Trinajstić information content (AvgIpc) is 2.68. The summed E-state index contributed by atoms with van der Waals surface area (Å²) in [4.78, 5) is 3.70. The second-order valence-corrected chi connectivity index (χ2v) is 3.35. The average molecular weight is 249 g/mol. The van der Waals surface area contributed by atoms with Crippen LogP contribution in [-0.2, 0) is 6.18 Å². The van der Waals surface area contributed by atoms with Gasteiger partial charge in [-0.25, -0.2) is 0 Å². The molecule has 0 fully saturated rings. The number of alkyl halides is 3. The Balaban J connectivity index is 2.45. The summed E-state index contributed by atoms with van der Waals surface area (Å²) in [6, 6.07) is 3.27. The lowest BCUT2D eigenvalue weighted by Gasteiger charge is -2.08. The minimum Gasteiger partial charge on any atom is -0.342 e. The molecular weight excluding hydrogens is 245 g/mol. The van der Waals surface area contributed by atoms with Crippen molar-refractivity contribution in [1.82, 2.24) is 10.1 Å². The molecule has 16 heavy (non-hydrogen) atoms. The highest BCUT2D eigenvalue weighted by atomic mass is 35.5. The fourth-order valence-electron chi connectivity index (χ4n) is 1.18. The maximum absolute atomic E-state index is 12.4. The van der Waals surface area contributed by atoms with Crippen LogP contribution in [0.15, 0.2) is 29.1 Å². The van der Waals surface area contributed by atoms with Crippen LogP contribution >= 0.6 is 11.6 Å². The summed E-state index contributed by atoms with van der Waals surface area (Å²) >= 11 is 5.52. The Labute approximate surface area is 92.8 Å². The van der Waals surface area contributed by atoms with E-state index in [9.17, 15) is 13.2 Å². The molecule has 0 saturated heterocycles. The van der Waals surface area contributed by atoms with Gasteiger partial charge in [-0.3, -0.25) is 0 Å². The predicted molar refractivity (Wildman–Crippen MR) is 49.7 cm³/mol. The van der Waals surface area contributed by atoms with Crippen LogP contribution in [0, 0.1) is 0 Å². The maximum atomic E-state index is 12.4. The number of halogens is 4. The van der Waals surface area contributed by atoms with Crippen LogP contribution in [0.5, 0.6) is 0 Å². The second kappa shape index (κ2) is 3.79. The molecule has 0 aliphatic heterocycles. The third kappa shape index (κ3) is 2.01. The Morgan fingerprint density at radius 2 is 2.00 bits per heavy atom. The van der Waals surface area contributed by atoms with Crippen molar-refractivity contribution in [1.29, 1.82) is 0 Å². The molecule has 7 heteroatoms. The quantitative estimate of drug-likeness (QED) is 0.776. The van der Waals surface area contributed by atoms with Crippen molar-refractivity contribution >= 4 is 11.6 Å². The van der Waals surface area contributed by atoms with Gasteiger partial charge in [-0.1, -0.05) is 22.8 Å². The predicted octanol–water partition coefficient (Wildman–Crippen LogP) is 3.41. The third-order valence-electron chi connectivity index (χ3n) is 1.89. The van der Waals surface area contributed by atoms with Gasteiger partial charge in [-0.15, -0.1) is 0 Å². The zero-order chi connectivity index (χ0) is 11.8. The van der Waals surface area contributed by atoms with Crippen LogP contribution in [0.1, 0.15) is 5.56 Å². The van der Waals surface area contributed by atoms with E-state index in [1.54, 1.807) is 0 Å². The van der Waals surface area contributed by atoms with E-state index in [0.29, 0.717) is 5.56 Å². The first-order valence-corrected chi connectivity index (χ1v) is 4.50. The Morgan fingerprint density at radius 3 is 2.50 bits per heavy atom. The minimum atomic E-state index is -4.47. The number of hydrogen-bond donors (Lipinski definition) is 0. The third-order valence-corrected chi connectivity index (χ3v) is 2.21. The van der Waals surface area contributed by atoms with Crippen molar-refractivity contribution in [2.24, 2.45) is 0 Å². The van der Waals surface area contributed by atoms with Crippen molar-refractivity contribution in [3.8, 4) is 11.4 Å². The first-order chi connectivity index (χ1) is 7.48. The summed E-state index contributed by atoms with van der Waals surface area (Å²) in [5.74, 6) is 0.190. The van der Waals surface area contributed by atoms with E-state index in [4.69, 9.17) is 11.6 Å². The van der Waals surface area contributed by atoms with Gasteiger partial charge in [0, 0.05) is 5.56 Å². The molecule has 1 heterocycles. The molecule has 0 aliphatic carbocycles. The molecule has 84 valence electrons. The topological polar surface area (TPSA) is 38.9 Å². The number of rotatable bonds is 1. The smallest absolute Gasteiger partial charge is 0.342 e. The molecule has 0 spiro atoms. The number of benzene rings is 1. The highest BCUT2D eigenvalue weighted by molar-refractivity contribution is 6.31. The number of hydrogen-bond acceptors (Lipinski definition) is 3. The van der Waals surface area contributed by atoms with E-state index >= 15 is 0 Å². The molecule has 2 aromatic rings. The molecule has 3 nitrogen and oxygen atoms in total. The number of aromatic nitrogens is 2. The summed E-state index contributed by atoms with van der Waals surface area (Å²) in [6.07, 6.45) is -3.38. The highest BCUT2D eigenvalue weighted by Gasteiger charge is 2.33. The Kier molecular flexibility index (Phi) is 2.59. The van der Waals surface area contributed by atoms with E-state index in [-0.39, 0.29) is 5.82 Å². The van der Waals surface area contributed by atoms with E-state index in [1.807, 2.05) is 0 Å². The SMILES string of the molecule is FC(F)(F)c1ccc(-c2ncon2)cc1Cl. The van der Waals surface area contributed by atoms with Gasteiger partial charge in [0.1, 0.15) is 0 Å².